The Balaban J connectivity index is 0.875. The van der Waals surface area contributed by atoms with Crippen molar-refractivity contribution in [1.82, 2.24) is 60.1 Å². The number of carbonyl (C=O) groups excluding carboxylic acids is 9. The Labute approximate surface area is 557 Å². The first-order valence-corrected chi connectivity index (χ1v) is 33.5. The zero-order valence-corrected chi connectivity index (χ0v) is 55.1. The van der Waals surface area contributed by atoms with E-state index >= 15 is 0 Å². The number of carboxylic acid groups (broad SMARTS) is 1. The fourth-order valence-corrected chi connectivity index (χ4v) is 13.1. The fourth-order valence-electron chi connectivity index (χ4n) is 11.9. The number of aryl methyl sites for hydroxylation is 2. The Hall–Kier alpha value is -7.88. The quantitative estimate of drug-likeness (QED) is 0.0287. The monoisotopic (exact) mass is 1340 g/mol. The van der Waals surface area contributed by atoms with E-state index in [0.717, 1.165) is 11.3 Å². The Morgan fingerprint density at radius 2 is 1.46 bits per heavy atom. The molecule has 1 aromatic heterocycles. The fraction of sp³-hybridized carbons (Fsp3) is 0.591. The van der Waals surface area contributed by atoms with Crippen LogP contribution in [0, 0.1) is 25.2 Å². The highest BCUT2D eigenvalue weighted by Crippen LogP contribution is 2.32. The van der Waals surface area contributed by atoms with Crippen molar-refractivity contribution in [1.29, 1.82) is 0 Å². The van der Waals surface area contributed by atoms with E-state index in [1.54, 1.807) is 34.9 Å². The van der Waals surface area contributed by atoms with Crippen LogP contribution in [0.25, 0.3) is 10.9 Å². The lowest BCUT2D eigenvalue weighted by Crippen LogP contribution is -2.51. The molecule has 5 heterocycles. The Morgan fingerprint density at radius 3 is 2.12 bits per heavy atom. The number of carbonyl (C=O) groups is 10. The molecule has 0 radical (unpaired) electrons. The number of amides is 7. The zero-order valence-electron chi connectivity index (χ0n) is 54.3. The van der Waals surface area contributed by atoms with E-state index in [1.165, 1.54) is 40.1 Å². The van der Waals surface area contributed by atoms with Crippen molar-refractivity contribution in [2.45, 2.75) is 94.9 Å². The number of likely N-dealkylation sites (tertiary alicyclic amines) is 2. The second-order valence-corrected chi connectivity index (χ2v) is 25.8. The SMILES string of the molecule is C#C[C@H]1CC(F)(F)CN1C(=O)CNC(=O)c1ccnc2ccc(OCCCN3CCN(C(=O)[C@H](C)CN4C(=O)CC(SC[C@H](CCCCNC(=O)CCCc5ccc(C)cc5)NC(=O)CN5CCN(COC=O)CCN(COC=O)CCN(CC(=O)O)CC5)C4=O)CC3)cc12. The van der Waals surface area contributed by atoms with Crippen LogP contribution in [0.2, 0.25) is 0 Å². The summed E-state index contributed by atoms with van der Waals surface area (Å²) in [4.78, 5) is 146. The van der Waals surface area contributed by atoms with Gasteiger partial charge in [0.1, 0.15) is 19.2 Å². The summed E-state index contributed by atoms with van der Waals surface area (Å²) in [5.74, 6) is -4.45. The highest BCUT2D eigenvalue weighted by atomic mass is 32.2. The molecule has 1 unspecified atom stereocenters. The predicted octanol–water partition coefficient (Wildman–Crippen LogP) is 1.91. The number of aliphatic carboxylic acids is 1. The van der Waals surface area contributed by atoms with Crippen molar-refractivity contribution in [3.63, 3.8) is 0 Å². The minimum absolute atomic E-state index is 0.00982. The molecular formula is C66H90F2N12O14S. The number of nitrogens with one attached hydrogen (secondary N) is 3. The van der Waals surface area contributed by atoms with Crippen molar-refractivity contribution in [3.05, 3.63) is 71.4 Å². The molecule has 4 fully saturated rings. The lowest BCUT2D eigenvalue weighted by molar-refractivity contribution is -0.143. The van der Waals surface area contributed by atoms with Crippen LogP contribution in [0.5, 0.6) is 5.75 Å². The van der Waals surface area contributed by atoms with Crippen LogP contribution in [-0.2, 0) is 59.0 Å². The van der Waals surface area contributed by atoms with E-state index in [1.807, 2.05) is 21.6 Å². The minimum atomic E-state index is -3.11. The topological polar surface area (TPSA) is 294 Å². The Morgan fingerprint density at radius 1 is 0.811 bits per heavy atom. The number of pyridine rings is 1. The Bertz CT molecular complexity index is 3140. The molecule has 7 rings (SSSR count). The van der Waals surface area contributed by atoms with Crippen LogP contribution in [0.3, 0.4) is 0 Å². The van der Waals surface area contributed by atoms with E-state index in [9.17, 15) is 61.8 Å². The van der Waals surface area contributed by atoms with Gasteiger partial charge in [-0.1, -0.05) is 42.7 Å². The molecule has 29 heteroatoms. The molecule has 4 N–H and O–H groups in total. The number of unbranched alkanes of at least 4 members (excludes halogenated alkanes) is 1. The molecule has 95 heavy (non-hydrogen) atoms. The molecule has 0 spiro atoms. The number of imide groups is 1. The third kappa shape index (κ3) is 24.4. The number of hydrogen-bond acceptors (Lipinski definition) is 20. The molecule has 2 aromatic carbocycles. The summed E-state index contributed by atoms with van der Waals surface area (Å²) < 4.78 is 44.2. The van der Waals surface area contributed by atoms with E-state index in [2.05, 4.69) is 56.0 Å². The molecular weight excluding hydrogens is 1250 g/mol. The van der Waals surface area contributed by atoms with Crippen LogP contribution in [0.1, 0.15) is 79.8 Å². The molecule has 4 aliphatic heterocycles. The van der Waals surface area contributed by atoms with E-state index < -0.39 is 72.4 Å². The third-order valence-corrected chi connectivity index (χ3v) is 18.6. The number of rotatable bonds is 34. The van der Waals surface area contributed by atoms with Gasteiger partial charge in [0.2, 0.25) is 35.4 Å². The summed E-state index contributed by atoms with van der Waals surface area (Å²) in [6, 6.07) is 13.3. The van der Waals surface area contributed by atoms with Gasteiger partial charge in [-0.05, 0) is 75.3 Å². The highest BCUT2D eigenvalue weighted by molar-refractivity contribution is 8.00. The van der Waals surface area contributed by atoms with Crippen LogP contribution in [-0.4, -0.2) is 283 Å². The van der Waals surface area contributed by atoms with Gasteiger partial charge in [0.15, 0.2) is 0 Å². The van der Waals surface area contributed by atoms with Crippen molar-refractivity contribution in [2.75, 3.05) is 150 Å². The summed E-state index contributed by atoms with van der Waals surface area (Å²) in [5, 5.41) is 18.2. The third-order valence-electron chi connectivity index (χ3n) is 17.3. The van der Waals surface area contributed by atoms with Gasteiger partial charge in [0.25, 0.3) is 24.8 Å². The second-order valence-electron chi connectivity index (χ2n) is 24.5. The number of carboxylic acids is 1. The number of terminal acetylenes is 1. The van der Waals surface area contributed by atoms with Crippen molar-refractivity contribution >= 4 is 82.9 Å². The molecule has 0 saturated carbocycles. The maximum atomic E-state index is 14.1. The Kier molecular flexibility index (Phi) is 29.8. The number of piperazine rings is 1. The predicted molar refractivity (Wildman–Crippen MR) is 348 cm³/mol. The molecule has 518 valence electrons. The first-order chi connectivity index (χ1) is 45.7. The van der Waals surface area contributed by atoms with Gasteiger partial charge in [-0.2, -0.15) is 0 Å². The number of hydrogen-bond donors (Lipinski definition) is 4. The number of alkyl halides is 2. The number of halogens is 2. The van der Waals surface area contributed by atoms with Crippen molar-refractivity contribution in [3.8, 4) is 18.1 Å². The smallest absolute Gasteiger partial charge is 0.317 e. The van der Waals surface area contributed by atoms with Crippen LogP contribution >= 0.6 is 11.8 Å². The van der Waals surface area contributed by atoms with Crippen LogP contribution < -0.4 is 20.7 Å². The summed E-state index contributed by atoms with van der Waals surface area (Å²) >= 11 is 1.27. The van der Waals surface area contributed by atoms with E-state index in [0.29, 0.717) is 166 Å². The minimum Gasteiger partial charge on any atom is -0.494 e. The van der Waals surface area contributed by atoms with Gasteiger partial charge >= 0.3 is 5.97 Å². The lowest BCUT2D eigenvalue weighted by atomic mass is 10.1. The summed E-state index contributed by atoms with van der Waals surface area (Å²) in [6.45, 7) is 9.00. The number of benzene rings is 2. The molecule has 4 atom stereocenters. The van der Waals surface area contributed by atoms with Crippen molar-refractivity contribution in [2.24, 2.45) is 5.92 Å². The molecule has 7 amide bonds. The van der Waals surface area contributed by atoms with Gasteiger partial charge in [0.05, 0.1) is 61.1 Å². The second kappa shape index (κ2) is 38.0. The normalized spacial score (nSPS) is 19.4. The van der Waals surface area contributed by atoms with Gasteiger partial charge in [-0.25, -0.2) is 8.78 Å². The number of fused-ring (bicyclic) bond motifs is 1. The van der Waals surface area contributed by atoms with Gasteiger partial charge in [-0.15, -0.1) is 18.2 Å². The van der Waals surface area contributed by atoms with Crippen molar-refractivity contribution < 1.29 is 76.0 Å². The highest BCUT2D eigenvalue weighted by Gasteiger charge is 2.46. The van der Waals surface area contributed by atoms with Crippen LogP contribution in [0.15, 0.2) is 54.7 Å². The molecule has 0 aliphatic carbocycles. The van der Waals surface area contributed by atoms with Crippen LogP contribution in [0.4, 0.5) is 8.78 Å². The summed E-state index contributed by atoms with van der Waals surface area (Å²) in [7, 11) is 0. The number of ether oxygens (including phenoxy) is 3. The maximum Gasteiger partial charge on any atom is 0.317 e. The van der Waals surface area contributed by atoms with E-state index in [-0.39, 0.29) is 74.5 Å². The van der Waals surface area contributed by atoms with Gasteiger partial charge in [0, 0.05) is 141 Å². The first kappa shape index (κ1) is 74.5. The number of thioether (sulfide) groups is 1. The first-order valence-electron chi connectivity index (χ1n) is 32.4. The maximum absolute atomic E-state index is 14.1. The van der Waals surface area contributed by atoms with Gasteiger partial charge in [-0.3, -0.25) is 82.3 Å². The van der Waals surface area contributed by atoms with E-state index in [4.69, 9.17) is 20.6 Å². The molecule has 3 aromatic rings. The molecule has 4 saturated heterocycles. The lowest BCUT2D eigenvalue weighted by Gasteiger charge is -2.36. The summed E-state index contributed by atoms with van der Waals surface area (Å²) in [6.07, 6.45) is 10.4. The number of aromatic nitrogens is 1. The zero-order chi connectivity index (χ0) is 68.3. The average molecular weight is 1350 g/mol. The standard InChI is InChI=1S/C66H90F2N12O14S/c1-4-52-37-66(67,68)43-80(52)61(86)38-71-63(89)54-18-20-69-56-17-16-53(35-55(54)56)94-34-8-21-73-30-32-78(33-31-73)64(90)49(3)39-79-60(85)36-57(65(79)91)95-42-51(10-5-6-19-70-58(83)11-7-9-50-14-12-48(2)13-15-50)72-59(84)40-74-22-23-75(41-62(87)88)25-27-77(45-93-47-82)29-28-76(26-24-74)44-92-46-81/h1,12-18,20,35,46-47,49,51-52,57H,5-11,19,21-34,36-45H2,2-3H3,(H,70,83)(H,71,89)(H,72,84)(H,87,88)/t49-,51+,52+,57?/m1/s1. The molecule has 26 nitrogen and oxygen atoms in total. The number of nitrogens with zero attached hydrogens (tertiary/aromatic N) is 9. The summed E-state index contributed by atoms with van der Waals surface area (Å²) in [5.41, 5.74) is 3.06. The average Bonchev–Trinajstić information content (AvgIpc) is 1.77. The molecule has 4 aliphatic rings. The largest absolute Gasteiger partial charge is 0.494 e. The molecule has 0 bridgehead atoms. The van der Waals surface area contributed by atoms with Gasteiger partial charge < -0.3 is 45.1 Å².